The van der Waals surface area contributed by atoms with Crippen LogP contribution in [0.4, 0.5) is 22.7 Å². The van der Waals surface area contributed by atoms with Gasteiger partial charge in [-0.2, -0.15) is 5.10 Å². The van der Waals surface area contributed by atoms with Crippen molar-refractivity contribution in [2.45, 2.75) is 6.92 Å². The van der Waals surface area contributed by atoms with Crippen LogP contribution in [-0.4, -0.2) is 25.9 Å². The summed E-state index contributed by atoms with van der Waals surface area (Å²) in [6.07, 6.45) is 0. The standard InChI is InChI=1S/C14H12N6O6/c1-8(15-17-11-4-2-9(19(23)24)6-13(11)21)16-18-12-5-3-10(20(25)26)7-14(12)22/h2-7,17,21-22H,1H3/b15-8-,18-16?. The number of azo groups is 1. The molecule has 0 radical (unpaired) electrons. The molecule has 12 nitrogen and oxygen atoms in total. The molecule has 0 heterocycles. The molecule has 2 aromatic rings. The van der Waals surface area contributed by atoms with E-state index in [1.807, 2.05) is 0 Å². The minimum Gasteiger partial charge on any atom is -0.505 e. The highest BCUT2D eigenvalue weighted by Crippen LogP contribution is 2.30. The fraction of sp³-hybridized carbons (Fsp3) is 0.0714. The molecule has 0 aliphatic heterocycles. The van der Waals surface area contributed by atoms with E-state index < -0.39 is 15.6 Å². The number of phenols is 2. The number of rotatable bonds is 5. The molecule has 3 N–H and O–H groups in total. The third kappa shape index (κ3) is 4.47. The number of aromatic hydroxyl groups is 2. The maximum absolute atomic E-state index is 10.6. The molecule has 0 spiro atoms. The van der Waals surface area contributed by atoms with Gasteiger partial charge in [0.25, 0.3) is 11.4 Å². The highest BCUT2D eigenvalue weighted by atomic mass is 16.6. The van der Waals surface area contributed by atoms with Crippen LogP contribution < -0.4 is 5.43 Å². The van der Waals surface area contributed by atoms with E-state index in [1.165, 1.54) is 25.1 Å². The first-order valence-corrected chi connectivity index (χ1v) is 6.95. The summed E-state index contributed by atoms with van der Waals surface area (Å²) in [5.41, 5.74) is 2.02. The van der Waals surface area contributed by atoms with Crippen LogP contribution in [0.25, 0.3) is 0 Å². The molecule has 2 rings (SSSR count). The van der Waals surface area contributed by atoms with Crippen molar-refractivity contribution in [1.82, 2.24) is 0 Å². The van der Waals surface area contributed by atoms with Crippen LogP contribution in [0.3, 0.4) is 0 Å². The molecule has 0 aliphatic carbocycles. The average Bonchev–Trinajstić information content (AvgIpc) is 2.59. The van der Waals surface area contributed by atoms with E-state index >= 15 is 0 Å². The average molecular weight is 360 g/mol. The number of nitro groups is 2. The normalized spacial score (nSPS) is 11.5. The third-order valence-electron chi connectivity index (χ3n) is 3.00. The summed E-state index contributed by atoms with van der Waals surface area (Å²) in [4.78, 5) is 19.9. The van der Waals surface area contributed by atoms with Crippen LogP contribution in [0.2, 0.25) is 0 Å². The van der Waals surface area contributed by atoms with Crippen molar-refractivity contribution in [3.8, 4) is 11.5 Å². The molecule has 0 saturated heterocycles. The van der Waals surface area contributed by atoms with Gasteiger partial charge >= 0.3 is 0 Å². The van der Waals surface area contributed by atoms with Crippen molar-refractivity contribution in [3.63, 3.8) is 0 Å². The summed E-state index contributed by atoms with van der Waals surface area (Å²) in [6, 6.07) is 6.73. The molecule has 0 bridgehead atoms. The van der Waals surface area contributed by atoms with Gasteiger partial charge in [0.1, 0.15) is 17.2 Å². The highest BCUT2D eigenvalue weighted by molar-refractivity contribution is 5.81. The van der Waals surface area contributed by atoms with Gasteiger partial charge in [-0.1, -0.05) is 0 Å². The van der Waals surface area contributed by atoms with Gasteiger partial charge in [0.15, 0.2) is 5.84 Å². The summed E-state index contributed by atoms with van der Waals surface area (Å²) in [5, 5.41) is 51.8. The topological polar surface area (TPSA) is 176 Å². The summed E-state index contributed by atoms with van der Waals surface area (Å²) in [6.45, 7) is 1.46. The van der Waals surface area contributed by atoms with Crippen LogP contribution in [0.1, 0.15) is 6.92 Å². The van der Waals surface area contributed by atoms with Gasteiger partial charge < -0.3 is 10.2 Å². The van der Waals surface area contributed by atoms with Crippen LogP contribution in [0, 0.1) is 20.2 Å². The first-order valence-electron chi connectivity index (χ1n) is 6.95. The Kier molecular flexibility index (Phi) is 5.37. The fourth-order valence-corrected chi connectivity index (χ4v) is 1.73. The lowest BCUT2D eigenvalue weighted by molar-refractivity contribution is -0.385. The summed E-state index contributed by atoms with van der Waals surface area (Å²) in [7, 11) is 0. The summed E-state index contributed by atoms with van der Waals surface area (Å²) >= 11 is 0. The number of hydrogen-bond donors (Lipinski definition) is 3. The number of nitrogens with one attached hydrogen (secondary N) is 1. The van der Waals surface area contributed by atoms with Gasteiger partial charge in [-0.3, -0.25) is 25.7 Å². The van der Waals surface area contributed by atoms with Gasteiger partial charge in [-0.05, 0) is 19.1 Å². The van der Waals surface area contributed by atoms with Crippen molar-refractivity contribution >= 4 is 28.6 Å². The Hall–Kier alpha value is -4.09. The van der Waals surface area contributed by atoms with E-state index in [9.17, 15) is 30.4 Å². The molecule has 0 aliphatic rings. The lowest BCUT2D eigenvalue weighted by atomic mass is 10.2. The maximum Gasteiger partial charge on any atom is 0.273 e. The largest absolute Gasteiger partial charge is 0.505 e. The molecule has 0 aromatic heterocycles. The molecule has 2 aromatic carbocycles. The maximum atomic E-state index is 10.6. The molecular weight excluding hydrogens is 348 g/mol. The summed E-state index contributed by atoms with van der Waals surface area (Å²) < 4.78 is 0. The number of benzene rings is 2. The molecule has 0 atom stereocenters. The van der Waals surface area contributed by atoms with E-state index in [1.54, 1.807) is 0 Å². The van der Waals surface area contributed by atoms with E-state index in [-0.39, 0.29) is 34.3 Å². The van der Waals surface area contributed by atoms with Crippen molar-refractivity contribution in [2.24, 2.45) is 15.3 Å². The number of anilines is 1. The van der Waals surface area contributed by atoms with Gasteiger partial charge in [-0.15, -0.1) is 10.2 Å². The quantitative estimate of drug-likeness (QED) is 0.182. The van der Waals surface area contributed by atoms with Crippen LogP contribution in [0.15, 0.2) is 51.7 Å². The number of nitro benzene ring substituents is 2. The van der Waals surface area contributed by atoms with Gasteiger partial charge in [-0.25, -0.2) is 0 Å². The van der Waals surface area contributed by atoms with Crippen molar-refractivity contribution in [1.29, 1.82) is 0 Å². The first kappa shape index (κ1) is 18.3. The number of amidine groups is 1. The van der Waals surface area contributed by atoms with E-state index in [0.717, 1.165) is 18.2 Å². The molecule has 12 heteroatoms. The molecule has 0 unspecified atom stereocenters. The number of non-ortho nitro benzene ring substituents is 2. The monoisotopic (exact) mass is 360 g/mol. The van der Waals surface area contributed by atoms with Crippen LogP contribution in [0.5, 0.6) is 11.5 Å². The van der Waals surface area contributed by atoms with Gasteiger partial charge in [0.05, 0.1) is 27.7 Å². The Morgan fingerprint density at radius 2 is 1.58 bits per heavy atom. The predicted molar refractivity (Wildman–Crippen MR) is 90.8 cm³/mol. The third-order valence-corrected chi connectivity index (χ3v) is 3.00. The lowest BCUT2D eigenvalue weighted by Crippen LogP contribution is -1.95. The zero-order valence-electron chi connectivity index (χ0n) is 13.2. The minimum atomic E-state index is -0.659. The number of nitrogens with zero attached hydrogens (tertiary/aromatic N) is 5. The number of hydrazone groups is 1. The van der Waals surface area contributed by atoms with Gasteiger partial charge in [0, 0.05) is 12.1 Å². The van der Waals surface area contributed by atoms with E-state index in [0.29, 0.717) is 0 Å². The summed E-state index contributed by atoms with van der Waals surface area (Å²) in [5.74, 6) is -0.696. The predicted octanol–water partition coefficient (Wildman–Crippen LogP) is 3.44. The number of hydrogen-bond acceptors (Lipinski definition) is 9. The molecular formula is C14H12N6O6. The Morgan fingerprint density at radius 1 is 1.00 bits per heavy atom. The second-order valence-corrected chi connectivity index (χ2v) is 4.86. The molecule has 0 fully saturated rings. The van der Waals surface area contributed by atoms with Crippen LogP contribution >= 0.6 is 0 Å². The highest BCUT2D eigenvalue weighted by Gasteiger charge is 2.10. The Morgan fingerprint density at radius 3 is 2.12 bits per heavy atom. The number of phenolic OH excluding ortho intramolecular Hbond substituents is 2. The second-order valence-electron chi connectivity index (χ2n) is 4.86. The van der Waals surface area contributed by atoms with Crippen molar-refractivity contribution in [2.75, 3.05) is 5.43 Å². The lowest BCUT2D eigenvalue weighted by Gasteiger charge is -2.03. The zero-order valence-corrected chi connectivity index (χ0v) is 13.2. The Balaban J connectivity index is 2.10. The molecule has 0 saturated carbocycles. The second kappa shape index (κ2) is 7.65. The fourth-order valence-electron chi connectivity index (χ4n) is 1.73. The molecule has 26 heavy (non-hydrogen) atoms. The minimum absolute atomic E-state index is 0.00309. The van der Waals surface area contributed by atoms with Crippen molar-refractivity contribution in [3.05, 3.63) is 56.6 Å². The molecule has 134 valence electrons. The Labute approximate surface area is 145 Å². The SMILES string of the molecule is C/C(N=Nc1ccc([N+](=O)[O-])cc1O)=N/Nc1ccc([N+](=O)[O-])cc1O. The van der Waals surface area contributed by atoms with E-state index in [4.69, 9.17) is 0 Å². The first-order chi connectivity index (χ1) is 12.3. The Bertz CT molecular complexity index is 926. The van der Waals surface area contributed by atoms with E-state index in [2.05, 4.69) is 20.8 Å². The van der Waals surface area contributed by atoms with Crippen LogP contribution in [-0.2, 0) is 0 Å². The van der Waals surface area contributed by atoms with Crippen molar-refractivity contribution < 1.29 is 20.1 Å². The molecule has 0 amide bonds. The smallest absolute Gasteiger partial charge is 0.273 e. The van der Waals surface area contributed by atoms with Gasteiger partial charge in [0.2, 0.25) is 0 Å². The zero-order chi connectivity index (χ0) is 19.3.